The third kappa shape index (κ3) is 3.16. The van der Waals surface area contributed by atoms with E-state index in [-0.39, 0.29) is 23.8 Å². The second-order valence-corrected chi connectivity index (χ2v) is 6.51. The van der Waals surface area contributed by atoms with E-state index in [2.05, 4.69) is 5.32 Å². The maximum absolute atomic E-state index is 12.5. The van der Waals surface area contributed by atoms with E-state index in [0.717, 1.165) is 31.4 Å². The Morgan fingerprint density at radius 3 is 2.45 bits per heavy atom. The molecule has 3 rings (SSSR count). The van der Waals surface area contributed by atoms with Gasteiger partial charge in [-0.2, -0.15) is 0 Å². The Balaban J connectivity index is 1.61. The second kappa shape index (κ2) is 6.51. The first-order chi connectivity index (χ1) is 10.6. The molecule has 0 radical (unpaired) electrons. The molecular weight excluding hydrogens is 276 g/mol. The van der Waals surface area contributed by atoms with Crippen molar-refractivity contribution in [3.63, 3.8) is 0 Å². The van der Waals surface area contributed by atoms with Gasteiger partial charge in [-0.3, -0.25) is 9.59 Å². The van der Waals surface area contributed by atoms with E-state index in [0.29, 0.717) is 13.0 Å². The van der Waals surface area contributed by atoms with E-state index in [1.807, 2.05) is 31.2 Å². The fourth-order valence-electron chi connectivity index (χ4n) is 3.45. The van der Waals surface area contributed by atoms with Crippen LogP contribution >= 0.6 is 0 Å². The molecule has 1 saturated heterocycles. The zero-order chi connectivity index (χ0) is 15.5. The third-order valence-electron chi connectivity index (χ3n) is 4.84. The number of rotatable bonds is 3. The Morgan fingerprint density at radius 2 is 1.77 bits per heavy atom. The van der Waals surface area contributed by atoms with Gasteiger partial charge in [-0.05, 0) is 38.3 Å². The predicted octanol–water partition coefficient (Wildman–Crippen LogP) is 2.80. The maximum atomic E-state index is 12.5. The largest absolute Gasteiger partial charge is 0.344 e. The van der Waals surface area contributed by atoms with Crippen molar-refractivity contribution in [1.82, 2.24) is 5.32 Å². The van der Waals surface area contributed by atoms with Gasteiger partial charge in [-0.15, -0.1) is 0 Å². The second-order valence-electron chi connectivity index (χ2n) is 6.51. The van der Waals surface area contributed by atoms with Gasteiger partial charge in [0.1, 0.15) is 6.04 Å². The number of aryl methyl sites for hydroxylation is 1. The summed E-state index contributed by atoms with van der Waals surface area (Å²) in [4.78, 5) is 26.6. The van der Waals surface area contributed by atoms with E-state index in [9.17, 15) is 9.59 Å². The number of benzene rings is 1. The minimum absolute atomic E-state index is 0.0213. The molecule has 1 aliphatic heterocycles. The monoisotopic (exact) mass is 300 g/mol. The van der Waals surface area contributed by atoms with Gasteiger partial charge in [0.2, 0.25) is 11.8 Å². The highest BCUT2D eigenvalue weighted by atomic mass is 16.2. The van der Waals surface area contributed by atoms with Crippen molar-refractivity contribution in [2.75, 3.05) is 11.4 Å². The Kier molecular flexibility index (Phi) is 4.46. The van der Waals surface area contributed by atoms with Crippen molar-refractivity contribution in [3.05, 3.63) is 29.8 Å². The fraction of sp³-hybridized carbons (Fsp3) is 0.556. The molecule has 1 N–H and O–H groups in total. The van der Waals surface area contributed by atoms with Crippen molar-refractivity contribution in [2.24, 2.45) is 5.92 Å². The van der Waals surface area contributed by atoms with E-state index in [4.69, 9.17) is 0 Å². The van der Waals surface area contributed by atoms with Crippen LogP contribution < -0.4 is 10.2 Å². The first kappa shape index (κ1) is 15.1. The summed E-state index contributed by atoms with van der Waals surface area (Å²) in [5, 5.41) is 2.98. The molecule has 0 unspecified atom stereocenters. The normalized spacial score (nSPS) is 22.9. The zero-order valence-electron chi connectivity index (χ0n) is 13.2. The van der Waals surface area contributed by atoms with Crippen LogP contribution in [-0.2, 0) is 9.59 Å². The number of carbonyl (C=O) groups is 2. The van der Waals surface area contributed by atoms with Gasteiger partial charge < -0.3 is 10.2 Å². The van der Waals surface area contributed by atoms with Crippen molar-refractivity contribution < 1.29 is 9.59 Å². The molecule has 4 heteroatoms. The van der Waals surface area contributed by atoms with Crippen LogP contribution in [0, 0.1) is 12.8 Å². The molecule has 0 bridgehead atoms. The lowest BCUT2D eigenvalue weighted by atomic mass is 9.88. The van der Waals surface area contributed by atoms with Gasteiger partial charge in [-0.25, -0.2) is 0 Å². The molecule has 22 heavy (non-hydrogen) atoms. The molecule has 2 fully saturated rings. The standard InChI is InChI=1S/C18H24N2O2/c1-13-7-9-15(10-8-13)20-12-11-16(18(20)22)19-17(21)14-5-3-2-4-6-14/h7-10,14,16H,2-6,11-12H2,1H3,(H,19,21)/t16-/m1/s1. The van der Waals surface area contributed by atoms with Crippen LogP contribution in [0.25, 0.3) is 0 Å². The van der Waals surface area contributed by atoms with Crippen LogP contribution in [0.2, 0.25) is 0 Å². The van der Waals surface area contributed by atoms with Gasteiger partial charge in [0.25, 0.3) is 0 Å². The van der Waals surface area contributed by atoms with Crippen molar-refractivity contribution in [1.29, 1.82) is 0 Å². The first-order valence-electron chi connectivity index (χ1n) is 8.33. The maximum Gasteiger partial charge on any atom is 0.249 e. The highest BCUT2D eigenvalue weighted by Crippen LogP contribution is 2.25. The van der Waals surface area contributed by atoms with E-state index in [1.165, 1.54) is 12.0 Å². The van der Waals surface area contributed by atoms with Crippen LogP contribution in [0.15, 0.2) is 24.3 Å². The number of amides is 2. The number of nitrogens with one attached hydrogen (secondary N) is 1. The fourth-order valence-corrected chi connectivity index (χ4v) is 3.45. The van der Waals surface area contributed by atoms with Crippen LogP contribution in [0.1, 0.15) is 44.1 Å². The predicted molar refractivity (Wildman–Crippen MR) is 86.7 cm³/mol. The third-order valence-corrected chi connectivity index (χ3v) is 4.84. The molecule has 1 aromatic rings. The first-order valence-corrected chi connectivity index (χ1v) is 8.33. The molecule has 2 amide bonds. The summed E-state index contributed by atoms with van der Waals surface area (Å²) in [6.07, 6.45) is 6.12. The Bertz CT molecular complexity index is 547. The van der Waals surface area contributed by atoms with E-state index >= 15 is 0 Å². The number of anilines is 1. The summed E-state index contributed by atoms with van der Waals surface area (Å²) in [5.74, 6) is 0.201. The summed E-state index contributed by atoms with van der Waals surface area (Å²) in [6, 6.07) is 7.61. The Labute approximate surface area is 131 Å². The van der Waals surface area contributed by atoms with Gasteiger partial charge in [-0.1, -0.05) is 37.0 Å². The van der Waals surface area contributed by atoms with Crippen molar-refractivity contribution in [3.8, 4) is 0 Å². The summed E-state index contributed by atoms with van der Waals surface area (Å²) >= 11 is 0. The molecule has 118 valence electrons. The molecule has 1 aromatic carbocycles. The number of nitrogens with zero attached hydrogens (tertiary/aromatic N) is 1. The quantitative estimate of drug-likeness (QED) is 0.933. The minimum atomic E-state index is -0.351. The lowest BCUT2D eigenvalue weighted by Gasteiger charge is -2.23. The van der Waals surface area contributed by atoms with Gasteiger partial charge in [0.15, 0.2) is 0 Å². The molecule has 1 heterocycles. The van der Waals surface area contributed by atoms with Crippen LogP contribution in [0.3, 0.4) is 0 Å². The lowest BCUT2D eigenvalue weighted by molar-refractivity contribution is -0.129. The number of hydrogen-bond donors (Lipinski definition) is 1. The summed E-state index contributed by atoms with van der Waals surface area (Å²) < 4.78 is 0. The minimum Gasteiger partial charge on any atom is -0.344 e. The molecule has 1 saturated carbocycles. The lowest BCUT2D eigenvalue weighted by Crippen LogP contribution is -2.44. The average molecular weight is 300 g/mol. The van der Waals surface area contributed by atoms with E-state index in [1.54, 1.807) is 4.90 Å². The summed E-state index contributed by atoms with van der Waals surface area (Å²) in [7, 11) is 0. The molecule has 4 nitrogen and oxygen atoms in total. The smallest absolute Gasteiger partial charge is 0.249 e. The molecular formula is C18H24N2O2. The molecule has 2 aliphatic rings. The topological polar surface area (TPSA) is 49.4 Å². The average Bonchev–Trinajstić information content (AvgIpc) is 2.90. The zero-order valence-corrected chi connectivity index (χ0v) is 13.2. The molecule has 1 atom stereocenters. The van der Waals surface area contributed by atoms with Gasteiger partial charge in [0.05, 0.1) is 0 Å². The SMILES string of the molecule is Cc1ccc(N2CC[C@@H](NC(=O)C3CCCCC3)C2=O)cc1. The Hall–Kier alpha value is -1.84. The molecule has 1 aliphatic carbocycles. The van der Waals surface area contributed by atoms with Crippen LogP contribution in [0.4, 0.5) is 5.69 Å². The van der Waals surface area contributed by atoms with Crippen LogP contribution in [-0.4, -0.2) is 24.4 Å². The van der Waals surface area contributed by atoms with E-state index < -0.39 is 0 Å². The highest BCUT2D eigenvalue weighted by Gasteiger charge is 2.35. The molecule has 0 spiro atoms. The highest BCUT2D eigenvalue weighted by molar-refractivity contribution is 6.01. The van der Waals surface area contributed by atoms with Crippen LogP contribution in [0.5, 0.6) is 0 Å². The van der Waals surface area contributed by atoms with Gasteiger partial charge >= 0.3 is 0 Å². The molecule has 0 aromatic heterocycles. The number of hydrogen-bond acceptors (Lipinski definition) is 2. The van der Waals surface area contributed by atoms with Crippen molar-refractivity contribution >= 4 is 17.5 Å². The Morgan fingerprint density at radius 1 is 1.09 bits per heavy atom. The van der Waals surface area contributed by atoms with Gasteiger partial charge in [0, 0.05) is 18.2 Å². The van der Waals surface area contributed by atoms with Crippen molar-refractivity contribution in [2.45, 2.75) is 51.5 Å². The number of carbonyl (C=O) groups excluding carboxylic acids is 2. The summed E-state index contributed by atoms with van der Waals surface area (Å²) in [5.41, 5.74) is 2.10. The summed E-state index contributed by atoms with van der Waals surface area (Å²) in [6.45, 7) is 2.71.